The molecule has 0 aromatic carbocycles. The summed E-state index contributed by atoms with van der Waals surface area (Å²) in [4.78, 5) is 18.9. The number of anilines is 1. The monoisotopic (exact) mass is 340 g/mol. The van der Waals surface area contributed by atoms with E-state index in [0.29, 0.717) is 11.6 Å². The second kappa shape index (κ2) is 7.48. The van der Waals surface area contributed by atoms with E-state index in [-0.39, 0.29) is 12.1 Å². The third-order valence-electron chi connectivity index (χ3n) is 4.29. The maximum Gasteiger partial charge on any atom is 0.320 e. The maximum atomic E-state index is 12.4. The number of nitrogens with one attached hydrogen (secondary N) is 2. The van der Waals surface area contributed by atoms with Crippen molar-refractivity contribution in [3.63, 3.8) is 0 Å². The lowest BCUT2D eigenvalue weighted by atomic mass is 10.0. The number of nitrogens with zero attached hydrogens (tertiary/aromatic N) is 4. The predicted octanol–water partition coefficient (Wildman–Crippen LogP) is 2.35. The van der Waals surface area contributed by atoms with Gasteiger partial charge < -0.3 is 10.2 Å². The molecule has 0 radical (unpaired) electrons. The zero-order valence-corrected chi connectivity index (χ0v) is 14.9. The molecule has 2 N–H and O–H groups in total. The lowest BCUT2D eigenvalue weighted by Crippen LogP contribution is -2.39. The van der Waals surface area contributed by atoms with Crippen molar-refractivity contribution in [3.8, 4) is 5.82 Å². The summed E-state index contributed by atoms with van der Waals surface area (Å²) in [6, 6.07) is 7.16. The van der Waals surface area contributed by atoms with Crippen LogP contribution in [0.25, 0.3) is 5.82 Å². The number of aromatic nitrogens is 3. The van der Waals surface area contributed by atoms with Gasteiger partial charge in [0, 0.05) is 31.4 Å². The van der Waals surface area contributed by atoms with Crippen molar-refractivity contribution in [2.45, 2.75) is 26.3 Å². The number of rotatable bonds is 4. The lowest BCUT2D eigenvalue weighted by molar-refractivity contribution is 0.249. The summed E-state index contributed by atoms with van der Waals surface area (Å²) in [5.41, 5.74) is 2.08. The highest BCUT2D eigenvalue weighted by atomic mass is 16.2. The SMILES string of the molecule is Cc1cc(NC(=O)NC(C)C2=CCN(C)CC2)n(-c2ccccn2)n1. The summed E-state index contributed by atoms with van der Waals surface area (Å²) >= 11 is 0. The van der Waals surface area contributed by atoms with Crippen LogP contribution in [0.5, 0.6) is 0 Å². The van der Waals surface area contributed by atoms with Crippen LogP contribution in [0.2, 0.25) is 0 Å². The van der Waals surface area contributed by atoms with Gasteiger partial charge in [0.25, 0.3) is 0 Å². The average Bonchev–Trinajstić information content (AvgIpc) is 2.96. The first-order chi connectivity index (χ1) is 12.0. The molecular weight excluding hydrogens is 316 g/mol. The number of hydrogen-bond donors (Lipinski definition) is 2. The standard InChI is InChI=1S/C18H24N6O/c1-13-12-17(24(22-13)16-6-4-5-9-19-16)21-18(25)20-14(2)15-7-10-23(3)11-8-15/h4-7,9,12,14H,8,10-11H2,1-3H3,(H2,20,21,25). The number of carbonyl (C=O) groups is 1. The molecule has 0 aliphatic carbocycles. The Morgan fingerprint density at radius 1 is 1.36 bits per heavy atom. The minimum atomic E-state index is -0.246. The Morgan fingerprint density at radius 3 is 2.88 bits per heavy atom. The lowest BCUT2D eigenvalue weighted by Gasteiger charge is -2.26. The first-order valence-corrected chi connectivity index (χ1v) is 8.46. The van der Waals surface area contributed by atoms with Gasteiger partial charge in [-0.25, -0.2) is 9.78 Å². The molecule has 0 saturated carbocycles. The summed E-state index contributed by atoms with van der Waals surface area (Å²) < 4.78 is 1.63. The zero-order valence-electron chi connectivity index (χ0n) is 14.9. The Hall–Kier alpha value is -2.67. The van der Waals surface area contributed by atoms with E-state index in [9.17, 15) is 4.79 Å². The van der Waals surface area contributed by atoms with Crippen LogP contribution < -0.4 is 10.6 Å². The van der Waals surface area contributed by atoms with Gasteiger partial charge in [-0.2, -0.15) is 9.78 Å². The number of pyridine rings is 1. The van der Waals surface area contributed by atoms with Crippen molar-refractivity contribution in [2.75, 3.05) is 25.5 Å². The van der Waals surface area contributed by atoms with Crippen LogP contribution in [0.1, 0.15) is 19.0 Å². The largest absolute Gasteiger partial charge is 0.332 e. The molecule has 0 saturated heterocycles. The molecule has 1 atom stereocenters. The third-order valence-corrected chi connectivity index (χ3v) is 4.29. The fraction of sp³-hybridized carbons (Fsp3) is 0.389. The number of aryl methyl sites for hydroxylation is 1. The first-order valence-electron chi connectivity index (χ1n) is 8.46. The van der Waals surface area contributed by atoms with E-state index in [1.54, 1.807) is 10.9 Å². The molecule has 7 nitrogen and oxygen atoms in total. The smallest absolute Gasteiger partial charge is 0.320 e. The van der Waals surface area contributed by atoms with E-state index in [1.807, 2.05) is 38.1 Å². The molecule has 0 fully saturated rings. The Morgan fingerprint density at radius 2 is 2.20 bits per heavy atom. The van der Waals surface area contributed by atoms with Crippen LogP contribution in [-0.4, -0.2) is 51.9 Å². The molecule has 1 aliphatic rings. The predicted molar refractivity (Wildman–Crippen MR) is 97.9 cm³/mol. The average molecular weight is 340 g/mol. The number of urea groups is 1. The van der Waals surface area contributed by atoms with Crippen molar-refractivity contribution >= 4 is 11.8 Å². The minimum absolute atomic E-state index is 0.000943. The molecular formula is C18H24N6O. The molecule has 1 unspecified atom stereocenters. The highest BCUT2D eigenvalue weighted by Gasteiger charge is 2.17. The van der Waals surface area contributed by atoms with Crippen LogP contribution in [-0.2, 0) is 0 Å². The summed E-state index contributed by atoms with van der Waals surface area (Å²) in [5, 5.41) is 10.3. The van der Waals surface area contributed by atoms with Crippen LogP contribution in [0, 0.1) is 6.92 Å². The third kappa shape index (κ3) is 4.24. The van der Waals surface area contributed by atoms with Gasteiger partial charge in [0.2, 0.25) is 0 Å². The van der Waals surface area contributed by atoms with Crippen molar-refractivity contribution in [1.29, 1.82) is 0 Å². The molecule has 3 rings (SSSR count). The van der Waals surface area contributed by atoms with Gasteiger partial charge in [-0.05, 0) is 45.0 Å². The summed E-state index contributed by atoms with van der Waals surface area (Å²) in [6.45, 7) is 5.84. The topological polar surface area (TPSA) is 75.1 Å². The minimum Gasteiger partial charge on any atom is -0.332 e. The highest BCUT2D eigenvalue weighted by Crippen LogP contribution is 2.16. The van der Waals surface area contributed by atoms with E-state index in [4.69, 9.17) is 0 Å². The molecule has 1 aliphatic heterocycles. The van der Waals surface area contributed by atoms with Crippen molar-refractivity contribution in [2.24, 2.45) is 0 Å². The Labute approximate surface area is 147 Å². The van der Waals surface area contributed by atoms with Crippen LogP contribution in [0.15, 0.2) is 42.1 Å². The molecule has 2 amide bonds. The van der Waals surface area contributed by atoms with Crippen molar-refractivity contribution in [3.05, 3.63) is 47.8 Å². The zero-order chi connectivity index (χ0) is 17.8. The normalized spacial score (nSPS) is 16.2. The van der Waals surface area contributed by atoms with Gasteiger partial charge in [0.15, 0.2) is 5.82 Å². The van der Waals surface area contributed by atoms with Gasteiger partial charge >= 0.3 is 6.03 Å². The molecule has 0 spiro atoms. The van der Waals surface area contributed by atoms with Gasteiger partial charge in [0.05, 0.1) is 5.69 Å². The molecule has 3 heterocycles. The number of hydrogen-bond acceptors (Lipinski definition) is 4. The highest BCUT2D eigenvalue weighted by molar-refractivity contribution is 5.89. The Bertz CT molecular complexity index is 767. The van der Waals surface area contributed by atoms with E-state index >= 15 is 0 Å². The van der Waals surface area contributed by atoms with Crippen molar-refractivity contribution < 1.29 is 4.79 Å². The number of carbonyl (C=O) groups excluding carboxylic acids is 1. The first kappa shape index (κ1) is 17.2. The molecule has 2 aromatic heterocycles. The van der Waals surface area contributed by atoms with Crippen LogP contribution in [0.4, 0.5) is 10.6 Å². The van der Waals surface area contributed by atoms with Gasteiger partial charge in [-0.3, -0.25) is 5.32 Å². The summed E-state index contributed by atoms with van der Waals surface area (Å²) in [6.07, 6.45) is 4.87. The van der Waals surface area contributed by atoms with Crippen molar-refractivity contribution in [1.82, 2.24) is 25.0 Å². The summed E-state index contributed by atoms with van der Waals surface area (Å²) in [7, 11) is 2.10. The summed E-state index contributed by atoms with van der Waals surface area (Å²) in [5.74, 6) is 1.26. The molecule has 25 heavy (non-hydrogen) atoms. The van der Waals surface area contributed by atoms with Gasteiger partial charge in [-0.15, -0.1) is 0 Å². The van der Waals surface area contributed by atoms with Crippen LogP contribution >= 0.6 is 0 Å². The molecule has 0 bridgehead atoms. The second-order valence-corrected chi connectivity index (χ2v) is 6.38. The maximum absolute atomic E-state index is 12.4. The van der Waals surface area contributed by atoms with E-state index in [1.165, 1.54) is 5.57 Å². The Kier molecular flexibility index (Phi) is 5.14. The molecule has 132 valence electrons. The van der Waals surface area contributed by atoms with Gasteiger partial charge in [0.1, 0.15) is 5.82 Å². The van der Waals surface area contributed by atoms with E-state index in [0.717, 1.165) is 25.2 Å². The quantitative estimate of drug-likeness (QED) is 0.838. The van der Waals surface area contributed by atoms with Crippen LogP contribution in [0.3, 0.4) is 0 Å². The Balaban J connectivity index is 1.67. The molecule has 7 heteroatoms. The van der Waals surface area contributed by atoms with E-state index < -0.39 is 0 Å². The number of likely N-dealkylation sites (N-methyl/N-ethyl adjacent to an activating group) is 1. The van der Waals surface area contributed by atoms with Gasteiger partial charge in [-0.1, -0.05) is 12.1 Å². The fourth-order valence-corrected chi connectivity index (χ4v) is 2.86. The second-order valence-electron chi connectivity index (χ2n) is 6.38. The fourth-order valence-electron chi connectivity index (χ4n) is 2.86. The van der Waals surface area contributed by atoms with E-state index in [2.05, 4.69) is 38.7 Å². The molecule has 2 aromatic rings. The number of amides is 2.